The van der Waals surface area contributed by atoms with Crippen LogP contribution in [0, 0.1) is 11.8 Å². The van der Waals surface area contributed by atoms with Gasteiger partial charge in [0.1, 0.15) is 18.2 Å². The van der Waals surface area contributed by atoms with E-state index in [0.717, 1.165) is 19.5 Å². The van der Waals surface area contributed by atoms with E-state index in [1.807, 2.05) is 7.05 Å². The Morgan fingerprint density at radius 3 is 2.20 bits per heavy atom. The summed E-state index contributed by atoms with van der Waals surface area (Å²) < 4.78 is 22.4. The van der Waals surface area contributed by atoms with E-state index in [9.17, 15) is 14.4 Å². The Kier molecular flexibility index (Phi) is 9.06. The summed E-state index contributed by atoms with van der Waals surface area (Å²) in [4.78, 5) is 38.6. The van der Waals surface area contributed by atoms with E-state index in [-0.39, 0.29) is 49.0 Å². The van der Waals surface area contributed by atoms with Gasteiger partial charge in [-0.2, -0.15) is 0 Å². The molecule has 0 saturated carbocycles. The fraction of sp³-hybridized carbons (Fsp3) is 0.857. The average Bonchev–Trinajstić information content (AvgIpc) is 3.25. The Hall–Kier alpha value is -1.71. The second-order valence-electron chi connectivity index (χ2n) is 8.80. The van der Waals surface area contributed by atoms with E-state index in [1.165, 1.54) is 0 Å². The van der Waals surface area contributed by atoms with Crippen molar-refractivity contribution in [1.82, 2.24) is 10.2 Å². The van der Waals surface area contributed by atoms with Crippen molar-refractivity contribution in [3.05, 3.63) is 0 Å². The molecule has 1 N–H and O–H groups in total. The third kappa shape index (κ3) is 6.92. The highest BCUT2D eigenvalue weighted by atomic mass is 16.6. The van der Waals surface area contributed by atoms with E-state index >= 15 is 0 Å². The van der Waals surface area contributed by atoms with Gasteiger partial charge in [0, 0.05) is 19.6 Å². The number of hydrogen-bond acceptors (Lipinski definition) is 9. The van der Waals surface area contributed by atoms with Gasteiger partial charge in [-0.25, -0.2) is 0 Å². The van der Waals surface area contributed by atoms with Crippen LogP contribution >= 0.6 is 0 Å². The van der Waals surface area contributed by atoms with E-state index in [0.29, 0.717) is 0 Å². The second-order valence-corrected chi connectivity index (χ2v) is 8.80. The fourth-order valence-corrected chi connectivity index (χ4v) is 3.26. The van der Waals surface area contributed by atoms with Gasteiger partial charge in [-0.3, -0.25) is 14.4 Å². The van der Waals surface area contributed by atoms with Gasteiger partial charge >= 0.3 is 17.9 Å². The molecule has 0 radical (unpaired) electrons. The molecule has 2 heterocycles. The number of rotatable bonds is 9. The molecule has 0 aromatic rings. The Morgan fingerprint density at radius 2 is 1.63 bits per heavy atom. The SMILES string of the molecule is CC(C)C(=O)OC1COC(CN[C@@H](C)C(=O)O[C@H]2CCN(C)C2)C1OC(=O)C(C)C. The topological polar surface area (TPSA) is 103 Å². The first kappa shape index (κ1) is 24.6. The van der Waals surface area contributed by atoms with Crippen LogP contribution in [-0.4, -0.2) is 86.6 Å². The predicted molar refractivity (Wildman–Crippen MR) is 109 cm³/mol. The summed E-state index contributed by atoms with van der Waals surface area (Å²) in [5.74, 6) is -1.71. The summed E-state index contributed by atoms with van der Waals surface area (Å²) in [6.45, 7) is 10.7. The number of esters is 3. The van der Waals surface area contributed by atoms with Crippen LogP contribution in [0.1, 0.15) is 41.0 Å². The van der Waals surface area contributed by atoms with Gasteiger partial charge in [0.25, 0.3) is 0 Å². The van der Waals surface area contributed by atoms with Gasteiger partial charge < -0.3 is 29.2 Å². The first-order valence-corrected chi connectivity index (χ1v) is 10.7. The molecule has 0 aliphatic carbocycles. The molecule has 172 valence electrons. The Morgan fingerprint density at radius 1 is 1.00 bits per heavy atom. The second kappa shape index (κ2) is 11.1. The third-order valence-electron chi connectivity index (χ3n) is 5.28. The maximum atomic E-state index is 12.3. The summed E-state index contributed by atoms with van der Waals surface area (Å²) in [6.07, 6.45) is -1.20. The quantitative estimate of drug-likeness (QED) is 0.421. The number of carbonyl (C=O) groups is 3. The molecule has 5 atom stereocenters. The van der Waals surface area contributed by atoms with Crippen LogP contribution in [0.3, 0.4) is 0 Å². The molecule has 0 amide bonds. The number of likely N-dealkylation sites (N-methyl/N-ethyl adjacent to an activating group) is 1. The Bertz CT molecular complexity index is 610. The van der Waals surface area contributed by atoms with Gasteiger partial charge in [-0.05, 0) is 20.4 Å². The van der Waals surface area contributed by atoms with Gasteiger partial charge in [0.2, 0.25) is 0 Å². The zero-order valence-corrected chi connectivity index (χ0v) is 18.9. The summed E-state index contributed by atoms with van der Waals surface area (Å²) in [6, 6.07) is -0.543. The number of nitrogens with one attached hydrogen (secondary N) is 1. The molecule has 2 fully saturated rings. The molecular weight excluding hydrogens is 392 g/mol. The monoisotopic (exact) mass is 428 g/mol. The molecule has 9 heteroatoms. The Labute approximate surface area is 178 Å². The van der Waals surface area contributed by atoms with Crippen molar-refractivity contribution in [1.29, 1.82) is 0 Å². The van der Waals surface area contributed by atoms with Crippen LogP contribution < -0.4 is 5.32 Å². The normalized spacial score (nSPS) is 28.0. The standard InChI is InChI=1S/C21H36N2O7/c1-12(2)19(24)29-17-11-27-16(18(17)30-20(25)13(3)4)9-22-14(5)21(26)28-15-7-8-23(6)10-15/h12-18,22H,7-11H2,1-6H3/t14-,15-,16?,17?,18?/m0/s1. The average molecular weight is 429 g/mol. The number of hydrogen-bond donors (Lipinski definition) is 1. The summed E-state index contributed by atoms with van der Waals surface area (Å²) in [5, 5.41) is 3.09. The van der Waals surface area contributed by atoms with Gasteiger partial charge in [-0.1, -0.05) is 27.7 Å². The minimum Gasteiger partial charge on any atom is -0.460 e. The molecule has 30 heavy (non-hydrogen) atoms. The maximum Gasteiger partial charge on any atom is 0.323 e. The van der Waals surface area contributed by atoms with Crippen LogP contribution in [0.2, 0.25) is 0 Å². The molecule has 0 aromatic carbocycles. The van der Waals surface area contributed by atoms with Crippen LogP contribution in [-0.2, 0) is 33.3 Å². The molecule has 0 bridgehead atoms. The number of ether oxygens (including phenoxy) is 4. The third-order valence-corrected chi connectivity index (χ3v) is 5.28. The highest BCUT2D eigenvalue weighted by molar-refractivity contribution is 5.75. The van der Waals surface area contributed by atoms with Crippen molar-refractivity contribution < 1.29 is 33.3 Å². The molecule has 2 rings (SSSR count). The minimum atomic E-state index is -0.734. The molecule has 0 aromatic heterocycles. The fourth-order valence-electron chi connectivity index (χ4n) is 3.26. The molecular formula is C21H36N2O7. The zero-order valence-electron chi connectivity index (χ0n) is 18.9. The van der Waals surface area contributed by atoms with Crippen LogP contribution in [0.15, 0.2) is 0 Å². The van der Waals surface area contributed by atoms with Crippen LogP contribution in [0.4, 0.5) is 0 Å². The Balaban J connectivity index is 1.91. The lowest BCUT2D eigenvalue weighted by atomic mass is 10.1. The lowest BCUT2D eigenvalue weighted by Gasteiger charge is -2.25. The first-order chi connectivity index (χ1) is 14.1. The van der Waals surface area contributed by atoms with Crippen LogP contribution in [0.5, 0.6) is 0 Å². The van der Waals surface area contributed by atoms with Gasteiger partial charge in [0.15, 0.2) is 12.2 Å². The smallest absolute Gasteiger partial charge is 0.323 e. The molecule has 3 unspecified atom stereocenters. The van der Waals surface area contributed by atoms with Crippen molar-refractivity contribution in [2.75, 3.05) is 33.3 Å². The first-order valence-electron chi connectivity index (χ1n) is 10.7. The van der Waals surface area contributed by atoms with Crippen molar-refractivity contribution in [3.8, 4) is 0 Å². The molecule has 2 saturated heterocycles. The largest absolute Gasteiger partial charge is 0.460 e. The van der Waals surface area contributed by atoms with E-state index < -0.39 is 24.4 Å². The lowest BCUT2D eigenvalue weighted by molar-refractivity contribution is -0.169. The predicted octanol–water partition coefficient (Wildman–Crippen LogP) is 0.746. The van der Waals surface area contributed by atoms with E-state index in [2.05, 4.69) is 10.2 Å². The number of carbonyl (C=O) groups excluding carboxylic acids is 3. The maximum absolute atomic E-state index is 12.3. The molecule has 0 spiro atoms. The van der Waals surface area contributed by atoms with Gasteiger partial charge in [0.05, 0.1) is 18.4 Å². The zero-order chi connectivity index (χ0) is 22.4. The van der Waals surface area contributed by atoms with Crippen molar-refractivity contribution in [3.63, 3.8) is 0 Å². The molecule has 2 aliphatic rings. The van der Waals surface area contributed by atoms with E-state index in [1.54, 1.807) is 34.6 Å². The minimum absolute atomic E-state index is 0.0888. The number of likely N-dealkylation sites (tertiary alicyclic amines) is 1. The van der Waals surface area contributed by atoms with Crippen LogP contribution in [0.25, 0.3) is 0 Å². The molecule has 2 aliphatic heterocycles. The highest BCUT2D eigenvalue weighted by Crippen LogP contribution is 2.23. The highest BCUT2D eigenvalue weighted by Gasteiger charge is 2.43. The summed E-state index contributed by atoms with van der Waals surface area (Å²) in [5.41, 5.74) is 0. The molecule has 9 nitrogen and oxygen atoms in total. The van der Waals surface area contributed by atoms with E-state index in [4.69, 9.17) is 18.9 Å². The lowest BCUT2D eigenvalue weighted by Crippen LogP contribution is -2.47. The summed E-state index contributed by atoms with van der Waals surface area (Å²) in [7, 11) is 1.99. The van der Waals surface area contributed by atoms with Gasteiger partial charge in [-0.15, -0.1) is 0 Å². The van der Waals surface area contributed by atoms with Crippen molar-refractivity contribution in [2.45, 2.75) is 71.5 Å². The van der Waals surface area contributed by atoms with Crippen molar-refractivity contribution in [2.24, 2.45) is 11.8 Å². The van der Waals surface area contributed by atoms with Crippen molar-refractivity contribution >= 4 is 17.9 Å². The summed E-state index contributed by atoms with van der Waals surface area (Å²) >= 11 is 0. The number of nitrogens with zero attached hydrogens (tertiary/aromatic N) is 1.